The topological polar surface area (TPSA) is 48.0 Å². The molecule has 2 unspecified atom stereocenters. The fourth-order valence-corrected chi connectivity index (χ4v) is 4.21. The number of rotatable bonds is 2. The Balaban J connectivity index is 1.82. The molecule has 5 nitrogen and oxygen atoms in total. The number of ether oxygens (including phenoxy) is 1. The molecule has 2 atom stereocenters. The lowest BCUT2D eigenvalue weighted by Gasteiger charge is -2.32. The number of hydrogen-bond acceptors (Lipinski definition) is 5. The molecule has 2 saturated heterocycles. The van der Waals surface area contributed by atoms with E-state index in [1.165, 1.54) is 5.56 Å². The third-order valence-corrected chi connectivity index (χ3v) is 6.31. The Labute approximate surface area is 161 Å². The zero-order valence-electron chi connectivity index (χ0n) is 16.9. The number of carbonyl (C=O) groups is 1. The van der Waals surface area contributed by atoms with Crippen molar-refractivity contribution in [2.45, 2.75) is 77.0 Å². The number of hydrogen-bond donors (Lipinski definition) is 0. The van der Waals surface area contributed by atoms with Gasteiger partial charge in [-0.3, -0.25) is 0 Å². The highest BCUT2D eigenvalue weighted by molar-refractivity contribution is 7.08. The number of likely N-dealkylation sites (tertiary alicyclic amines) is 1. The summed E-state index contributed by atoms with van der Waals surface area (Å²) in [6.45, 7) is 15.1. The van der Waals surface area contributed by atoms with Crippen LogP contribution in [0.5, 0.6) is 0 Å². The van der Waals surface area contributed by atoms with Gasteiger partial charge in [0.25, 0.3) is 0 Å². The Morgan fingerprint density at radius 1 is 1.23 bits per heavy atom. The molecule has 3 heterocycles. The Morgan fingerprint density at radius 3 is 2.35 bits per heavy atom. The molecule has 0 saturated carbocycles. The fourth-order valence-electron chi connectivity index (χ4n) is 3.48. The van der Waals surface area contributed by atoms with E-state index < -0.39 is 5.60 Å². The summed E-state index contributed by atoms with van der Waals surface area (Å²) >= 11 is 1.67. The van der Waals surface area contributed by atoms with Gasteiger partial charge in [-0.05, 0) is 70.9 Å². The summed E-state index contributed by atoms with van der Waals surface area (Å²) in [4.78, 5) is 14.4. The van der Waals surface area contributed by atoms with Crippen LogP contribution >= 0.6 is 11.3 Å². The summed E-state index contributed by atoms with van der Waals surface area (Å²) in [5.41, 5.74) is -0.0233. The number of nitrogens with zero attached hydrogens (tertiary/aromatic N) is 1. The van der Waals surface area contributed by atoms with Crippen molar-refractivity contribution in [3.63, 3.8) is 0 Å². The second-order valence-electron chi connectivity index (χ2n) is 9.34. The highest BCUT2D eigenvalue weighted by Crippen LogP contribution is 2.47. The molecule has 1 amide bonds. The largest absolute Gasteiger partial charge is 0.463 e. The lowest BCUT2D eigenvalue weighted by Crippen LogP contribution is -2.41. The zero-order valence-corrected chi connectivity index (χ0v) is 17.7. The van der Waals surface area contributed by atoms with Crippen molar-refractivity contribution in [3.05, 3.63) is 22.4 Å². The van der Waals surface area contributed by atoms with E-state index in [4.69, 9.17) is 14.0 Å². The summed E-state index contributed by atoms with van der Waals surface area (Å²) in [5, 5.41) is 4.23. The van der Waals surface area contributed by atoms with E-state index in [-0.39, 0.29) is 36.1 Å². The van der Waals surface area contributed by atoms with Crippen LogP contribution in [0.15, 0.2) is 16.8 Å². The lowest BCUT2D eigenvalue weighted by atomic mass is 9.65. The maximum absolute atomic E-state index is 12.6. The molecule has 1 aromatic rings. The highest BCUT2D eigenvalue weighted by atomic mass is 32.1. The van der Waals surface area contributed by atoms with Crippen LogP contribution in [-0.4, -0.2) is 48.0 Å². The van der Waals surface area contributed by atoms with Crippen molar-refractivity contribution < 1.29 is 18.8 Å². The van der Waals surface area contributed by atoms with E-state index in [9.17, 15) is 4.79 Å². The molecule has 144 valence electrons. The second kappa shape index (κ2) is 6.53. The van der Waals surface area contributed by atoms with Crippen molar-refractivity contribution in [2.24, 2.45) is 0 Å². The van der Waals surface area contributed by atoms with Crippen LogP contribution in [0, 0.1) is 0 Å². The maximum Gasteiger partial charge on any atom is 0.463 e. The quantitative estimate of drug-likeness (QED) is 0.708. The van der Waals surface area contributed by atoms with E-state index in [1.54, 1.807) is 16.2 Å². The fraction of sp³-hybridized carbons (Fsp3) is 0.737. The van der Waals surface area contributed by atoms with E-state index in [0.717, 1.165) is 0 Å². The number of carbonyl (C=O) groups excluding carboxylic acids is 1. The van der Waals surface area contributed by atoms with Crippen molar-refractivity contribution in [1.29, 1.82) is 0 Å². The SMILES string of the molecule is CC(C)(C)OC(=O)N1CC(B2OC(C)(C)C(C)(C)O2)C(c2ccsc2)C1. The molecule has 0 radical (unpaired) electrons. The minimum Gasteiger partial charge on any atom is -0.444 e. The monoisotopic (exact) mass is 379 g/mol. The van der Waals surface area contributed by atoms with Crippen LogP contribution in [0.3, 0.4) is 0 Å². The van der Waals surface area contributed by atoms with Gasteiger partial charge in [-0.2, -0.15) is 11.3 Å². The molecule has 2 aliphatic rings. The lowest BCUT2D eigenvalue weighted by molar-refractivity contribution is 0.00578. The molecular weight excluding hydrogens is 349 g/mol. The molecule has 0 N–H and O–H groups in total. The Bertz CT molecular complexity index is 637. The van der Waals surface area contributed by atoms with Gasteiger partial charge < -0.3 is 18.9 Å². The molecule has 2 fully saturated rings. The smallest absolute Gasteiger partial charge is 0.444 e. The third kappa shape index (κ3) is 3.80. The first-order valence-electron chi connectivity index (χ1n) is 9.25. The second-order valence-corrected chi connectivity index (χ2v) is 10.1. The molecule has 0 aliphatic carbocycles. The van der Waals surface area contributed by atoms with Crippen LogP contribution in [-0.2, 0) is 14.0 Å². The third-order valence-electron chi connectivity index (χ3n) is 5.61. The van der Waals surface area contributed by atoms with Crippen molar-refractivity contribution in [3.8, 4) is 0 Å². The molecule has 1 aromatic heterocycles. The van der Waals surface area contributed by atoms with Gasteiger partial charge in [0, 0.05) is 24.8 Å². The molecular formula is C19H30BNO4S. The minimum atomic E-state index is -0.503. The van der Waals surface area contributed by atoms with Gasteiger partial charge in [-0.15, -0.1) is 0 Å². The van der Waals surface area contributed by atoms with Crippen LogP contribution in [0.4, 0.5) is 4.79 Å². The van der Waals surface area contributed by atoms with Gasteiger partial charge in [0.2, 0.25) is 0 Å². The maximum atomic E-state index is 12.6. The van der Waals surface area contributed by atoms with E-state index >= 15 is 0 Å². The van der Waals surface area contributed by atoms with Gasteiger partial charge in [-0.25, -0.2) is 4.79 Å². The first-order valence-corrected chi connectivity index (χ1v) is 10.2. The first-order chi connectivity index (χ1) is 11.9. The van der Waals surface area contributed by atoms with Gasteiger partial charge in [-0.1, -0.05) is 0 Å². The van der Waals surface area contributed by atoms with Crippen molar-refractivity contribution in [2.75, 3.05) is 13.1 Å². The minimum absolute atomic E-state index is 0.0816. The Morgan fingerprint density at radius 2 is 1.85 bits per heavy atom. The van der Waals surface area contributed by atoms with Crippen LogP contribution in [0.2, 0.25) is 5.82 Å². The normalized spacial score (nSPS) is 27.8. The van der Waals surface area contributed by atoms with Crippen LogP contribution in [0.1, 0.15) is 59.9 Å². The van der Waals surface area contributed by atoms with E-state index in [1.807, 2.05) is 20.8 Å². The molecule has 3 rings (SSSR count). The predicted molar refractivity (Wildman–Crippen MR) is 105 cm³/mol. The molecule has 7 heteroatoms. The average Bonchev–Trinajstić information content (AvgIpc) is 3.16. The summed E-state index contributed by atoms with van der Waals surface area (Å²) in [6, 6.07) is 2.13. The molecule has 0 aromatic carbocycles. The summed E-state index contributed by atoms with van der Waals surface area (Å²) in [5.74, 6) is 0.265. The highest BCUT2D eigenvalue weighted by Gasteiger charge is 2.57. The van der Waals surface area contributed by atoms with Crippen LogP contribution in [0.25, 0.3) is 0 Å². The average molecular weight is 379 g/mol. The standard InChI is InChI=1S/C19H30BNO4S/c1-17(2,3)23-16(22)21-10-14(13-8-9-26-12-13)15(11-21)20-24-18(4,5)19(6,7)25-20/h8-9,12,14-15H,10-11H2,1-7H3. The van der Waals surface area contributed by atoms with E-state index in [0.29, 0.717) is 13.1 Å². The van der Waals surface area contributed by atoms with E-state index in [2.05, 4.69) is 44.5 Å². The van der Waals surface area contributed by atoms with Crippen molar-refractivity contribution >= 4 is 24.5 Å². The summed E-state index contributed by atoms with van der Waals surface area (Å²) < 4.78 is 18.2. The Kier molecular flexibility index (Phi) is 4.95. The number of thiophene rings is 1. The first kappa shape index (κ1) is 19.7. The van der Waals surface area contributed by atoms with Gasteiger partial charge in [0.1, 0.15) is 5.60 Å². The van der Waals surface area contributed by atoms with Gasteiger partial charge in [0.15, 0.2) is 0 Å². The molecule has 26 heavy (non-hydrogen) atoms. The predicted octanol–water partition coefficient (Wildman–Crippen LogP) is 4.54. The zero-order chi connectivity index (χ0) is 19.3. The van der Waals surface area contributed by atoms with Gasteiger partial charge >= 0.3 is 13.2 Å². The Hall–Kier alpha value is -1.05. The molecule has 0 spiro atoms. The number of amides is 1. The van der Waals surface area contributed by atoms with Crippen molar-refractivity contribution in [1.82, 2.24) is 4.90 Å². The molecule has 0 bridgehead atoms. The summed E-state index contributed by atoms with van der Waals surface area (Å²) in [6.07, 6.45) is -0.267. The van der Waals surface area contributed by atoms with Gasteiger partial charge in [0.05, 0.1) is 11.2 Å². The van der Waals surface area contributed by atoms with Crippen LogP contribution < -0.4 is 0 Å². The summed E-state index contributed by atoms with van der Waals surface area (Å²) in [7, 11) is -0.336. The molecule has 2 aliphatic heterocycles.